The third kappa shape index (κ3) is 2.99. The van der Waals surface area contributed by atoms with Crippen LogP contribution < -0.4 is 4.74 Å². The first-order chi connectivity index (χ1) is 14.6. The lowest BCUT2D eigenvalue weighted by molar-refractivity contribution is 0.416. The molecule has 1 aromatic carbocycles. The van der Waals surface area contributed by atoms with Crippen molar-refractivity contribution in [1.29, 1.82) is 0 Å². The Hall–Kier alpha value is -2.82. The van der Waals surface area contributed by atoms with Gasteiger partial charge in [0.2, 0.25) is 0 Å². The van der Waals surface area contributed by atoms with E-state index in [-0.39, 0.29) is 0 Å². The molecule has 0 radical (unpaired) electrons. The number of ether oxygens (including phenoxy) is 1. The number of benzene rings is 1. The maximum Gasteiger partial charge on any atom is 0.197 e. The largest absolute Gasteiger partial charge is 0.493 e. The molecule has 0 aliphatic heterocycles. The van der Waals surface area contributed by atoms with E-state index in [4.69, 9.17) is 4.74 Å². The first kappa shape index (κ1) is 19.2. The molecule has 1 aliphatic carbocycles. The molecule has 0 bridgehead atoms. The van der Waals surface area contributed by atoms with Gasteiger partial charge in [0.05, 0.1) is 12.8 Å². The van der Waals surface area contributed by atoms with Crippen LogP contribution in [0.25, 0.3) is 27.8 Å². The van der Waals surface area contributed by atoms with Gasteiger partial charge in [-0.05, 0) is 54.0 Å². The van der Waals surface area contributed by atoms with E-state index in [2.05, 4.69) is 66.0 Å². The minimum atomic E-state index is 0.405. The molecule has 3 aromatic heterocycles. The molecule has 0 N–H and O–H groups in total. The van der Waals surface area contributed by atoms with Crippen molar-refractivity contribution in [3.63, 3.8) is 0 Å². The Bertz CT molecular complexity index is 1210. The Labute approximate surface area is 177 Å². The molecule has 1 fully saturated rings. The van der Waals surface area contributed by atoms with Crippen LogP contribution in [0.1, 0.15) is 68.9 Å². The number of hydrogen-bond donors (Lipinski definition) is 0. The molecule has 1 saturated carbocycles. The summed E-state index contributed by atoms with van der Waals surface area (Å²) in [5.41, 5.74) is 7.26. The van der Waals surface area contributed by atoms with E-state index in [1.165, 1.54) is 59.8 Å². The van der Waals surface area contributed by atoms with Gasteiger partial charge in [-0.1, -0.05) is 39.2 Å². The van der Waals surface area contributed by atoms with Crippen LogP contribution in [0, 0.1) is 0 Å². The van der Waals surface area contributed by atoms with Crippen molar-refractivity contribution in [3.05, 3.63) is 47.9 Å². The zero-order chi connectivity index (χ0) is 20.8. The van der Waals surface area contributed by atoms with Gasteiger partial charge in [-0.15, -0.1) is 0 Å². The Morgan fingerprint density at radius 3 is 2.63 bits per heavy atom. The summed E-state index contributed by atoms with van der Waals surface area (Å²) in [6.07, 6.45) is 10.4. The Balaban J connectivity index is 1.74. The molecule has 1 aliphatic rings. The second-order valence-corrected chi connectivity index (χ2v) is 8.91. The number of methoxy groups -OCH3 is 1. The molecular weight excluding hydrogens is 372 g/mol. The summed E-state index contributed by atoms with van der Waals surface area (Å²) in [7, 11) is 3.86. The fourth-order valence-electron chi connectivity index (χ4n) is 5.29. The van der Waals surface area contributed by atoms with Gasteiger partial charge < -0.3 is 9.30 Å². The smallest absolute Gasteiger partial charge is 0.197 e. The van der Waals surface area contributed by atoms with Gasteiger partial charge >= 0.3 is 0 Å². The zero-order valence-corrected chi connectivity index (χ0v) is 18.4. The van der Waals surface area contributed by atoms with Crippen molar-refractivity contribution in [2.45, 2.75) is 57.8 Å². The van der Waals surface area contributed by atoms with Crippen molar-refractivity contribution in [2.24, 2.45) is 7.05 Å². The van der Waals surface area contributed by atoms with Gasteiger partial charge in [0.1, 0.15) is 6.33 Å². The van der Waals surface area contributed by atoms with E-state index >= 15 is 0 Å². The highest BCUT2D eigenvalue weighted by molar-refractivity contribution is 5.93. The van der Waals surface area contributed by atoms with E-state index < -0.39 is 0 Å². The van der Waals surface area contributed by atoms with Gasteiger partial charge in [-0.25, -0.2) is 9.50 Å². The molecule has 156 valence electrons. The first-order valence-corrected chi connectivity index (χ1v) is 11.1. The minimum Gasteiger partial charge on any atom is -0.493 e. The number of fused-ring (bicyclic) bond motifs is 2. The Kier molecular flexibility index (Phi) is 4.76. The van der Waals surface area contributed by atoms with Crippen LogP contribution in [0.5, 0.6) is 5.75 Å². The lowest BCUT2D eigenvalue weighted by atomic mass is 9.83. The fourth-order valence-corrected chi connectivity index (χ4v) is 5.29. The van der Waals surface area contributed by atoms with Crippen LogP contribution >= 0.6 is 0 Å². The first-order valence-electron chi connectivity index (χ1n) is 11.1. The number of hydrogen-bond acceptors (Lipinski definition) is 3. The summed E-state index contributed by atoms with van der Waals surface area (Å²) < 4.78 is 9.76. The second-order valence-electron chi connectivity index (χ2n) is 8.91. The monoisotopic (exact) mass is 402 g/mol. The number of aromatic nitrogens is 4. The molecule has 3 heterocycles. The van der Waals surface area contributed by atoms with Gasteiger partial charge in [0.15, 0.2) is 11.4 Å². The summed E-state index contributed by atoms with van der Waals surface area (Å²) in [5.74, 6) is 1.86. The van der Waals surface area contributed by atoms with Crippen LogP contribution in [-0.4, -0.2) is 26.3 Å². The second kappa shape index (κ2) is 7.46. The lowest BCUT2D eigenvalue weighted by Crippen LogP contribution is -2.04. The van der Waals surface area contributed by atoms with E-state index in [9.17, 15) is 0 Å². The van der Waals surface area contributed by atoms with Gasteiger partial charge in [0, 0.05) is 29.7 Å². The van der Waals surface area contributed by atoms with Crippen molar-refractivity contribution < 1.29 is 4.74 Å². The molecule has 0 atom stereocenters. The zero-order valence-electron chi connectivity index (χ0n) is 18.4. The van der Waals surface area contributed by atoms with Crippen molar-refractivity contribution in [3.8, 4) is 17.0 Å². The Morgan fingerprint density at radius 1 is 1.10 bits per heavy atom. The third-order valence-electron chi connectivity index (χ3n) is 6.75. The Morgan fingerprint density at radius 2 is 1.90 bits per heavy atom. The summed E-state index contributed by atoms with van der Waals surface area (Å²) in [5, 5.41) is 5.74. The van der Waals surface area contributed by atoms with E-state index in [0.717, 1.165) is 17.0 Å². The van der Waals surface area contributed by atoms with Gasteiger partial charge in [0.25, 0.3) is 0 Å². The van der Waals surface area contributed by atoms with Crippen LogP contribution in [0.3, 0.4) is 0 Å². The number of nitrogens with zero attached hydrogens (tertiary/aromatic N) is 4. The predicted octanol–water partition coefficient (Wildman–Crippen LogP) is 6.07. The fraction of sp³-hybridized carbons (Fsp3) is 0.440. The highest BCUT2D eigenvalue weighted by Gasteiger charge is 2.23. The van der Waals surface area contributed by atoms with E-state index in [1.807, 2.05) is 4.52 Å². The molecule has 0 amide bonds. The molecular formula is C25H30N4O. The van der Waals surface area contributed by atoms with E-state index in [0.29, 0.717) is 11.8 Å². The van der Waals surface area contributed by atoms with Crippen LogP contribution in [0.4, 0.5) is 0 Å². The van der Waals surface area contributed by atoms with E-state index in [1.54, 1.807) is 13.4 Å². The summed E-state index contributed by atoms with van der Waals surface area (Å²) >= 11 is 0. The van der Waals surface area contributed by atoms with Gasteiger partial charge in [-0.2, -0.15) is 5.10 Å². The molecule has 0 saturated heterocycles. The highest BCUT2D eigenvalue weighted by Crippen LogP contribution is 2.41. The van der Waals surface area contributed by atoms with Crippen LogP contribution in [0.15, 0.2) is 36.8 Å². The molecule has 30 heavy (non-hydrogen) atoms. The predicted molar refractivity (Wildman–Crippen MR) is 121 cm³/mol. The normalized spacial score (nSPS) is 15.5. The SMILES string of the molecule is COc1cc(-c2c(C(C)C)c3cc(C4CCCCC4)ccc3n2C)cn2ncnc12. The maximum absolute atomic E-state index is 5.63. The number of aryl methyl sites for hydroxylation is 1. The van der Waals surface area contributed by atoms with Crippen LogP contribution in [-0.2, 0) is 7.05 Å². The minimum absolute atomic E-state index is 0.405. The average molecular weight is 403 g/mol. The summed E-state index contributed by atoms with van der Waals surface area (Å²) in [6.45, 7) is 4.58. The van der Waals surface area contributed by atoms with Crippen molar-refractivity contribution in [2.75, 3.05) is 7.11 Å². The van der Waals surface area contributed by atoms with Crippen molar-refractivity contribution in [1.82, 2.24) is 19.2 Å². The number of rotatable bonds is 4. The topological polar surface area (TPSA) is 44.4 Å². The average Bonchev–Trinajstić information content (AvgIpc) is 3.35. The molecule has 4 aromatic rings. The van der Waals surface area contributed by atoms with Gasteiger partial charge in [-0.3, -0.25) is 0 Å². The third-order valence-corrected chi connectivity index (χ3v) is 6.75. The molecule has 5 heteroatoms. The molecule has 5 rings (SSSR count). The molecule has 0 spiro atoms. The summed E-state index contributed by atoms with van der Waals surface area (Å²) in [6, 6.07) is 9.23. The standard InChI is InChI=1S/C25H30N4O/c1-16(2)23-20-12-18(17-8-6-5-7-9-17)10-11-21(20)28(3)24(23)19-13-22(30-4)25-26-15-27-29(25)14-19/h10-17H,5-9H2,1-4H3. The molecule has 0 unspecified atom stereocenters. The van der Waals surface area contributed by atoms with Crippen molar-refractivity contribution >= 4 is 16.6 Å². The summed E-state index contributed by atoms with van der Waals surface area (Å²) in [4.78, 5) is 4.33. The quantitative estimate of drug-likeness (QED) is 0.416. The lowest BCUT2D eigenvalue weighted by Gasteiger charge is -2.22. The highest BCUT2D eigenvalue weighted by atomic mass is 16.5. The maximum atomic E-state index is 5.63. The number of pyridine rings is 1. The molecule has 5 nitrogen and oxygen atoms in total. The van der Waals surface area contributed by atoms with Crippen LogP contribution in [0.2, 0.25) is 0 Å².